The summed E-state index contributed by atoms with van der Waals surface area (Å²) in [5.74, 6) is 0.790. The Labute approximate surface area is 124 Å². The maximum Gasteiger partial charge on any atom is 0.181 e. The van der Waals surface area contributed by atoms with Gasteiger partial charge in [0.2, 0.25) is 0 Å². The number of aromatic nitrogens is 1. The maximum absolute atomic E-state index is 5.48. The molecule has 2 N–H and O–H groups in total. The van der Waals surface area contributed by atoms with Crippen LogP contribution in [-0.4, -0.2) is 36.8 Å². The van der Waals surface area contributed by atoms with Crippen molar-refractivity contribution in [3.8, 4) is 11.3 Å². The molecule has 1 aromatic carbocycles. The predicted molar refractivity (Wildman–Crippen MR) is 82.3 cm³/mol. The van der Waals surface area contributed by atoms with E-state index in [0.29, 0.717) is 12.1 Å². The number of anilines is 1. The van der Waals surface area contributed by atoms with E-state index >= 15 is 0 Å². The number of rotatable bonds is 5. The molecule has 2 unspecified atom stereocenters. The molecule has 0 aliphatic carbocycles. The van der Waals surface area contributed by atoms with Gasteiger partial charge in [-0.3, -0.25) is 0 Å². The van der Waals surface area contributed by atoms with Gasteiger partial charge < -0.3 is 19.8 Å². The van der Waals surface area contributed by atoms with Crippen LogP contribution in [-0.2, 0) is 4.74 Å². The number of hydrogen-bond acceptors (Lipinski definition) is 5. The maximum atomic E-state index is 5.48. The highest BCUT2D eigenvalue weighted by Gasteiger charge is 2.16. The molecule has 1 aliphatic rings. The van der Waals surface area contributed by atoms with Crippen LogP contribution < -0.4 is 10.6 Å². The molecule has 2 heterocycles. The first-order valence-electron chi connectivity index (χ1n) is 7.38. The largest absolute Gasteiger partial charge is 0.444 e. The Morgan fingerprint density at radius 2 is 2.24 bits per heavy atom. The smallest absolute Gasteiger partial charge is 0.181 e. The first kappa shape index (κ1) is 14.1. The predicted octanol–water partition coefficient (Wildman–Crippen LogP) is 2.52. The molecule has 0 saturated carbocycles. The normalized spacial score (nSPS) is 20.1. The highest BCUT2D eigenvalue weighted by atomic mass is 16.5. The summed E-state index contributed by atoms with van der Waals surface area (Å²) in [6, 6.07) is 9.04. The minimum atomic E-state index is 0.389. The molecule has 1 fully saturated rings. The third-order valence-electron chi connectivity index (χ3n) is 3.65. The van der Waals surface area contributed by atoms with Crippen molar-refractivity contribution in [3.05, 3.63) is 36.9 Å². The van der Waals surface area contributed by atoms with E-state index in [9.17, 15) is 0 Å². The van der Waals surface area contributed by atoms with Crippen molar-refractivity contribution in [1.29, 1.82) is 0 Å². The summed E-state index contributed by atoms with van der Waals surface area (Å²) in [5, 5.41) is 7.00. The van der Waals surface area contributed by atoms with E-state index in [-0.39, 0.29) is 0 Å². The van der Waals surface area contributed by atoms with Crippen LogP contribution in [0.25, 0.3) is 11.3 Å². The minimum Gasteiger partial charge on any atom is -0.444 e. The second kappa shape index (κ2) is 6.74. The van der Waals surface area contributed by atoms with E-state index in [1.54, 1.807) is 6.20 Å². The molecule has 1 aliphatic heterocycles. The van der Waals surface area contributed by atoms with Crippen LogP contribution in [0.2, 0.25) is 0 Å². The lowest BCUT2D eigenvalue weighted by Crippen LogP contribution is -2.43. The summed E-state index contributed by atoms with van der Waals surface area (Å²) in [6.45, 7) is 4.77. The van der Waals surface area contributed by atoms with Crippen molar-refractivity contribution in [1.82, 2.24) is 10.3 Å². The summed E-state index contributed by atoms with van der Waals surface area (Å²) in [6.07, 6.45) is 4.21. The highest BCUT2D eigenvalue weighted by molar-refractivity contribution is 5.60. The van der Waals surface area contributed by atoms with Gasteiger partial charge in [0, 0.05) is 29.9 Å². The molecule has 0 spiro atoms. The van der Waals surface area contributed by atoms with Gasteiger partial charge in [0.05, 0.1) is 19.4 Å². The van der Waals surface area contributed by atoms with Crippen molar-refractivity contribution >= 4 is 5.69 Å². The molecule has 5 nitrogen and oxygen atoms in total. The number of nitrogens with one attached hydrogen (secondary N) is 2. The van der Waals surface area contributed by atoms with E-state index in [0.717, 1.165) is 43.2 Å². The van der Waals surface area contributed by atoms with Gasteiger partial charge >= 0.3 is 0 Å². The number of ether oxygens (including phenoxy) is 1. The summed E-state index contributed by atoms with van der Waals surface area (Å²) in [4.78, 5) is 3.93. The average molecular weight is 287 g/mol. The molecule has 1 saturated heterocycles. The summed E-state index contributed by atoms with van der Waals surface area (Å²) >= 11 is 0. The van der Waals surface area contributed by atoms with Crippen LogP contribution >= 0.6 is 0 Å². The lowest BCUT2D eigenvalue weighted by atomic mass is 10.1. The molecule has 0 amide bonds. The van der Waals surface area contributed by atoms with Crippen LogP contribution in [0.15, 0.2) is 41.3 Å². The fourth-order valence-corrected chi connectivity index (χ4v) is 2.63. The lowest BCUT2D eigenvalue weighted by Gasteiger charge is -2.27. The van der Waals surface area contributed by atoms with Gasteiger partial charge in [-0.1, -0.05) is 0 Å². The number of hydrogen-bond donors (Lipinski definition) is 2. The second-order valence-corrected chi connectivity index (χ2v) is 5.45. The van der Waals surface area contributed by atoms with Gasteiger partial charge in [0.15, 0.2) is 12.2 Å². The topological polar surface area (TPSA) is 59.3 Å². The fraction of sp³-hybridized carbons (Fsp3) is 0.438. The first-order chi connectivity index (χ1) is 10.3. The zero-order chi connectivity index (χ0) is 14.5. The average Bonchev–Trinajstić information content (AvgIpc) is 3.03. The van der Waals surface area contributed by atoms with E-state index < -0.39 is 0 Å². The monoisotopic (exact) mass is 287 g/mol. The molecule has 3 rings (SSSR count). The van der Waals surface area contributed by atoms with Crippen molar-refractivity contribution in [2.75, 3.05) is 25.1 Å². The molecular weight excluding hydrogens is 266 g/mol. The number of oxazole rings is 1. The second-order valence-electron chi connectivity index (χ2n) is 5.45. The molecular formula is C16H21N3O2. The Balaban J connectivity index is 1.54. The number of benzene rings is 1. The third-order valence-corrected chi connectivity index (χ3v) is 3.65. The molecule has 21 heavy (non-hydrogen) atoms. The Bertz CT molecular complexity index is 533. The van der Waals surface area contributed by atoms with E-state index in [4.69, 9.17) is 9.15 Å². The van der Waals surface area contributed by atoms with Gasteiger partial charge in [0.1, 0.15) is 0 Å². The molecule has 2 aromatic rings. The number of morpholine rings is 1. The molecule has 112 valence electrons. The molecule has 0 bridgehead atoms. The molecule has 5 heteroatoms. The molecule has 1 aromatic heterocycles. The van der Waals surface area contributed by atoms with Gasteiger partial charge in [-0.2, -0.15) is 0 Å². The lowest BCUT2D eigenvalue weighted by molar-refractivity contribution is 0.0731. The van der Waals surface area contributed by atoms with Crippen molar-refractivity contribution < 1.29 is 9.15 Å². The van der Waals surface area contributed by atoms with Crippen LogP contribution in [0.4, 0.5) is 5.69 Å². The number of nitrogens with zero attached hydrogens (tertiary/aromatic N) is 1. The van der Waals surface area contributed by atoms with Crippen molar-refractivity contribution in [2.24, 2.45) is 0 Å². The van der Waals surface area contributed by atoms with Crippen LogP contribution in [0, 0.1) is 0 Å². The summed E-state index contributed by atoms with van der Waals surface area (Å²) in [7, 11) is 0. The SMILES string of the molecule is CC(CC1COCCN1)Nc1ccc(-c2cnco2)cc1. The van der Waals surface area contributed by atoms with E-state index in [1.165, 1.54) is 6.39 Å². The van der Waals surface area contributed by atoms with Crippen molar-refractivity contribution in [2.45, 2.75) is 25.4 Å². The fourth-order valence-electron chi connectivity index (χ4n) is 2.63. The molecule has 2 atom stereocenters. The Kier molecular flexibility index (Phi) is 4.52. The standard InChI is InChI=1S/C16H21N3O2/c1-12(8-15-10-20-7-6-18-15)19-14-4-2-13(3-5-14)16-9-17-11-21-16/h2-5,9,11-12,15,18-19H,6-8,10H2,1H3. The van der Waals surface area contributed by atoms with Crippen molar-refractivity contribution in [3.63, 3.8) is 0 Å². The van der Waals surface area contributed by atoms with E-state index in [1.807, 2.05) is 12.1 Å². The van der Waals surface area contributed by atoms with Crippen LogP contribution in [0.1, 0.15) is 13.3 Å². The molecule has 0 radical (unpaired) electrons. The highest BCUT2D eigenvalue weighted by Crippen LogP contribution is 2.21. The Morgan fingerprint density at radius 1 is 1.38 bits per heavy atom. The Morgan fingerprint density at radius 3 is 2.90 bits per heavy atom. The summed E-state index contributed by atoms with van der Waals surface area (Å²) < 4.78 is 10.8. The Hall–Kier alpha value is -1.85. The third kappa shape index (κ3) is 3.83. The van der Waals surface area contributed by atoms with Crippen LogP contribution in [0.5, 0.6) is 0 Å². The van der Waals surface area contributed by atoms with E-state index in [2.05, 4.69) is 34.7 Å². The minimum absolute atomic E-state index is 0.389. The zero-order valence-electron chi connectivity index (χ0n) is 12.2. The zero-order valence-corrected chi connectivity index (χ0v) is 12.2. The van der Waals surface area contributed by atoms with Crippen LogP contribution in [0.3, 0.4) is 0 Å². The summed E-state index contributed by atoms with van der Waals surface area (Å²) in [5.41, 5.74) is 2.15. The van der Waals surface area contributed by atoms with Gasteiger partial charge in [-0.25, -0.2) is 4.98 Å². The first-order valence-corrected chi connectivity index (χ1v) is 7.38. The van der Waals surface area contributed by atoms with Gasteiger partial charge in [-0.15, -0.1) is 0 Å². The van der Waals surface area contributed by atoms with Gasteiger partial charge in [0.25, 0.3) is 0 Å². The quantitative estimate of drug-likeness (QED) is 0.885. The van der Waals surface area contributed by atoms with Gasteiger partial charge in [-0.05, 0) is 37.6 Å².